The van der Waals surface area contributed by atoms with Crippen LogP contribution in [0, 0.1) is 5.92 Å². The molecule has 0 fully saturated rings. The zero-order valence-electron chi connectivity index (χ0n) is 10.5. The first-order valence-electron chi connectivity index (χ1n) is 6.19. The van der Waals surface area contributed by atoms with Crippen LogP contribution in [0.2, 0.25) is 0 Å². The summed E-state index contributed by atoms with van der Waals surface area (Å²) in [6, 6.07) is 19.4. The molecule has 0 heterocycles. The molecule has 0 aliphatic heterocycles. The van der Waals surface area contributed by atoms with Crippen molar-refractivity contribution in [2.45, 2.75) is 12.3 Å². The van der Waals surface area contributed by atoms with Crippen LogP contribution in [0.4, 0.5) is 0 Å². The average molecular weight is 250 g/mol. The van der Waals surface area contributed by atoms with Gasteiger partial charge in [-0.2, -0.15) is 0 Å². The van der Waals surface area contributed by atoms with Crippen LogP contribution in [0.5, 0.6) is 0 Å². The molecule has 0 amide bonds. The Labute approximate surface area is 113 Å². The largest absolute Gasteiger partial charge is 0.291 e. The highest BCUT2D eigenvalue weighted by atomic mass is 16.1. The fraction of sp³-hybridized carbons (Fsp3) is 0.176. The van der Waals surface area contributed by atoms with E-state index in [-0.39, 0.29) is 12.3 Å². The fourth-order valence-corrected chi connectivity index (χ4v) is 2.30. The van der Waals surface area contributed by atoms with E-state index in [4.69, 9.17) is 0 Å². The third-order valence-electron chi connectivity index (χ3n) is 3.17. The van der Waals surface area contributed by atoms with E-state index in [2.05, 4.69) is 0 Å². The highest BCUT2D eigenvalue weighted by Gasteiger charge is 2.25. The molecule has 0 aliphatic rings. The van der Waals surface area contributed by atoms with E-state index < -0.39 is 5.92 Å². The average Bonchev–Trinajstić information content (AvgIpc) is 2.49. The molecule has 94 valence electrons. The fourth-order valence-electron chi connectivity index (χ4n) is 2.30. The first-order chi connectivity index (χ1) is 9.36. The summed E-state index contributed by atoms with van der Waals surface area (Å²) < 4.78 is 0. The minimum Gasteiger partial charge on any atom is -0.291 e. The van der Waals surface area contributed by atoms with Gasteiger partial charge < -0.3 is 0 Å². The van der Waals surface area contributed by atoms with E-state index in [1.54, 1.807) is 0 Å². The van der Waals surface area contributed by atoms with Crippen molar-refractivity contribution in [1.29, 1.82) is 0 Å². The molecule has 0 aliphatic carbocycles. The van der Waals surface area contributed by atoms with Crippen molar-refractivity contribution < 1.29 is 9.59 Å². The van der Waals surface area contributed by atoms with E-state index in [0.717, 1.165) is 11.1 Å². The van der Waals surface area contributed by atoms with Gasteiger partial charge in [0.05, 0.1) is 0 Å². The summed E-state index contributed by atoms with van der Waals surface area (Å²) in [6.45, 7) is 0. The predicted molar refractivity (Wildman–Crippen MR) is 74.2 cm³/mol. The van der Waals surface area contributed by atoms with Gasteiger partial charge in [-0.3, -0.25) is 9.59 Å². The van der Waals surface area contributed by atoms with E-state index in [1.807, 2.05) is 73.2 Å². The second-order valence-electron chi connectivity index (χ2n) is 4.37. The Morgan fingerprint density at radius 1 is 0.789 bits per heavy atom. The monoisotopic (exact) mass is 250 g/mol. The van der Waals surface area contributed by atoms with Gasteiger partial charge in [0, 0.05) is 18.3 Å². The molecule has 2 aromatic rings. The summed E-state index contributed by atoms with van der Waals surface area (Å²) in [5.41, 5.74) is 2.02. The maximum atomic E-state index is 11.2. The van der Waals surface area contributed by atoms with Gasteiger partial charge in [0.2, 0.25) is 6.29 Å². The van der Waals surface area contributed by atoms with Crippen LogP contribution in [0.3, 0.4) is 0 Å². The normalized spacial score (nSPS) is 12.1. The maximum absolute atomic E-state index is 11.2. The van der Waals surface area contributed by atoms with Crippen LogP contribution >= 0.6 is 0 Å². The molecule has 19 heavy (non-hydrogen) atoms. The van der Waals surface area contributed by atoms with Gasteiger partial charge in [0.1, 0.15) is 0 Å². The number of benzene rings is 2. The molecule has 1 atom stereocenters. The van der Waals surface area contributed by atoms with Crippen LogP contribution in [0.25, 0.3) is 0 Å². The molecule has 2 heteroatoms. The Bertz CT molecular complexity index is 480. The van der Waals surface area contributed by atoms with Crippen molar-refractivity contribution in [2.75, 3.05) is 0 Å². The molecule has 2 radical (unpaired) electrons. The van der Waals surface area contributed by atoms with Crippen molar-refractivity contribution in [2.24, 2.45) is 5.92 Å². The van der Waals surface area contributed by atoms with E-state index in [9.17, 15) is 9.59 Å². The molecule has 2 rings (SSSR count). The molecule has 2 aromatic carbocycles. The van der Waals surface area contributed by atoms with Gasteiger partial charge >= 0.3 is 0 Å². The Morgan fingerprint density at radius 2 is 1.26 bits per heavy atom. The van der Waals surface area contributed by atoms with Gasteiger partial charge in [-0.15, -0.1) is 0 Å². The summed E-state index contributed by atoms with van der Waals surface area (Å²) in [6.07, 6.45) is 3.88. The lowest BCUT2D eigenvalue weighted by atomic mass is 9.80. The van der Waals surface area contributed by atoms with Crippen molar-refractivity contribution in [3.63, 3.8) is 0 Å². The lowest BCUT2D eigenvalue weighted by Crippen LogP contribution is -2.16. The summed E-state index contributed by atoms with van der Waals surface area (Å²) in [7, 11) is 0. The van der Waals surface area contributed by atoms with E-state index in [1.165, 1.54) is 0 Å². The minimum absolute atomic E-state index is 0.0674. The van der Waals surface area contributed by atoms with Gasteiger partial charge in [-0.05, 0) is 11.1 Å². The summed E-state index contributed by atoms with van der Waals surface area (Å²) in [5.74, 6) is -0.649. The van der Waals surface area contributed by atoms with Crippen molar-refractivity contribution >= 4 is 12.6 Å². The van der Waals surface area contributed by atoms with Crippen LogP contribution in [-0.2, 0) is 9.59 Å². The Hall–Kier alpha value is -2.22. The number of hydrogen-bond acceptors (Lipinski definition) is 2. The number of rotatable bonds is 6. The third kappa shape index (κ3) is 3.16. The first-order valence-corrected chi connectivity index (χ1v) is 6.19. The third-order valence-corrected chi connectivity index (χ3v) is 3.17. The van der Waals surface area contributed by atoms with Crippen molar-refractivity contribution in [3.8, 4) is 0 Å². The molecular formula is C17H14O2. The Kier molecular flexibility index (Phi) is 4.62. The molecule has 2 nitrogen and oxygen atoms in total. The topological polar surface area (TPSA) is 34.1 Å². The van der Waals surface area contributed by atoms with Gasteiger partial charge in [-0.1, -0.05) is 60.7 Å². The van der Waals surface area contributed by atoms with Gasteiger partial charge in [0.15, 0.2) is 6.29 Å². The van der Waals surface area contributed by atoms with Crippen molar-refractivity contribution in [1.82, 2.24) is 0 Å². The standard InChI is InChI=1S/C17H14O2/c18-12-11-16(13-19)17(14-7-3-1-4-8-14)15-9-5-2-6-10-15/h1-10,16-17H,11H2. The summed E-state index contributed by atoms with van der Waals surface area (Å²) in [4.78, 5) is 21.8. The molecule has 0 aromatic heterocycles. The molecule has 0 saturated carbocycles. The molecule has 0 saturated heterocycles. The van der Waals surface area contributed by atoms with Crippen molar-refractivity contribution in [3.05, 3.63) is 71.8 Å². The molecule has 0 bridgehead atoms. The SMILES string of the molecule is O=[C]CC([C]=O)C(c1ccccc1)c1ccccc1. The van der Waals surface area contributed by atoms with Crippen LogP contribution < -0.4 is 0 Å². The number of hydrogen-bond donors (Lipinski definition) is 0. The predicted octanol–water partition coefficient (Wildman–Crippen LogP) is 3.04. The second kappa shape index (κ2) is 6.64. The smallest absolute Gasteiger partial charge is 0.203 e. The summed E-state index contributed by atoms with van der Waals surface area (Å²) in [5, 5.41) is 0. The summed E-state index contributed by atoms with van der Waals surface area (Å²) >= 11 is 0. The Balaban J connectivity index is 2.44. The molecular weight excluding hydrogens is 236 g/mol. The van der Waals surface area contributed by atoms with Crippen LogP contribution in [0.1, 0.15) is 23.5 Å². The zero-order chi connectivity index (χ0) is 13.5. The first kappa shape index (κ1) is 13.2. The zero-order valence-corrected chi connectivity index (χ0v) is 10.5. The molecule has 0 spiro atoms. The number of carbonyl (C=O) groups excluding carboxylic acids is 2. The lowest BCUT2D eigenvalue weighted by Gasteiger charge is -2.21. The highest BCUT2D eigenvalue weighted by Crippen LogP contribution is 2.32. The second-order valence-corrected chi connectivity index (χ2v) is 4.37. The Morgan fingerprint density at radius 3 is 1.63 bits per heavy atom. The highest BCUT2D eigenvalue weighted by molar-refractivity contribution is 5.65. The van der Waals surface area contributed by atoms with Gasteiger partial charge in [0.25, 0.3) is 0 Å². The molecule has 1 unspecified atom stereocenters. The van der Waals surface area contributed by atoms with Crippen LogP contribution in [-0.4, -0.2) is 12.6 Å². The quantitative estimate of drug-likeness (QED) is 0.789. The van der Waals surface area contributed by atoms with E-state index in [0.29, 0.717) is 0 Å². The van der Waals surface area contributed by atoms with Gasteiger partial charge in [-0.25, -0.2) is 0 Å². The maximum Gasteiger partial charge on any atom is 0.203 e. The lowest BCUT2D eigenvalue weighted by molar-refractivity contribution is 0.490. The van der Waals surface area contributed by atoms with Crippen LogP contribution in [0.15, 0.2) is 60.7 Å². The minimum atomic E-state index is -0.498. The van der Waals surface area contributed by atoms with E-state index >= 15 is 0 Å². The molecule has 0 N–H and O–H groups in total.